The van der Waals surface area contributed by atoms with Crippen molar-refractivity contribution in [2.45, 2.75) is 64.6 Å². The average molecular weight is 411 g/mol. The Bertz CT molecular complexity index is 746. The van der Waals surface area contributed by atoms with E-state index in [1.54, 1.807) is 6.08 Å². The molecule has 1 aromatic rings. The SMILES string of the molecule is CC(C)OC(=O)CCC/C=C/C[C@H]1C(=O)C=C[C@@H]1C=C[C@@H](O)CCc1ccccc1. The van der Waals surface area contributed by atoms with Gasteiger partial charge in [-0.2, -0.15) is 0 Å². The molecule has 0 saturated heterocycles. The van der Waals surface area contributed by atoms with Crippen molar-refractivity contribution in [1.82, 2.24) is 0 Å². The van der Waals surface area contributed by atoms with Crippen molar-refractivity contribution >= 4 is 11.8 Å². The van der Waals surface area contributed by atoms with E-state index in [0.29, 0.717) is 19.3 Å². The molecule has 0 radical (unpaired) electrons. The summed E-state index contributed by atoms with van der Waals surface area (Å²) in [6.45, 7) is 3.69. The number of hydrogen-bond acceptors (Lipinski definition) is 4. The van der Waals surface area contributed by atoms with Crippen LogP contribution in [0, 0.1) is 11.8 Å². The summed E-state index contributed by atoms with van der Waals surface area (Å²) < 4.78 is 5.11. The summed E-state index contributed by atoms with van der Waals surface area (Å²) in [5.74, 6) is -0.113. The van der Waals surface area contributed by atoms with Crippen LogP contribution in [0.25, 0.3) is 0 Å². The Kier molecular flexibility index (Phi) is 10.3. The highest BCUT2D eigenvalue weighted by molar-refractivity contribution is 5.95. The van der Waals surface area contributed by atoms with Crippen LogP contribution >= 0.6 is 0 Å². The summed E-state index contributed by atoms with van der Waals surface area (Å²) in [5.41, 5.74) is 1.21. The van der Waals surface area contributed by atoms with Crippen LogP contribution < -0.4 is 0 Å². The molecule has 0 fully saturated rings. The molecule has 1 N–H and O–H groups in total. The second kappa shape index (κ2) is 13.0. The van der Waals surface area contributed by atoms with Gasteiger partial charge in [0.1, 0.15) is 0 Å². The fourth-order valence-electron chi connectivity index (χ4n) is 3.48. The van der Waals surface area contributed by atoms with Gasteiger partial charge in [-0.3, -0.25) is 9.59 Å². The van der Waals surface area contributed by atoms with E-state index in [-0.39, 0.29) is 29.7 Å². The van der Waals surface area contributed by atoms with Crippen LogP contribution in [0.5, 0.6) is 0 Å². The molecule has 0 bridgehead atoms. The molecule has 1 aliphatic rings. The fraction of sp³-hybridized carbons (Fsp3) is 0.462. The summed E-state index contributed by atoms with van der Waals surface area (Å²) in [6, 6.07) is 10.1. The maximum Gasteiger partial charge on any atom is 0.306 e. The van der Waals surface area contributed by atoms with Crippen LogP contribution in [0.15, 0.2) is 66.8 Å². The number of hydrogen-bond donors (Lipinski definition) is 1. The minimum Gasteiger partial charge on any atom is -0.463 e. The minimum absolute atomic E-state index is 0.0227. The molecule has 1 aromatic carbocycles. The highest BCUT2D eigenvalue weighted by atomic mass is 16.5. The van der Waals surface area contributed by atoms with Gasteiger partial charge in [-0.05, 0) is 57.6 Å². The van der Waals surface area contributed by atoms with Gasteiger partial charge in [0.2, 0.25) is 0 Å². The Morgan fingerprint density at radius 1 is 1.20 bits per heavy atom. The lowest BCUT2D eigenvalue weighted by Gasteiger charge is -2.13. The van der Waals surface area contributed by atoms with E-state index in [1.807, 2.05) is 62.4 Å². The molecule has 0 saturated carbocycles. The van der Waals surface area contributed by atoms with Crippen molar-refractivity contribution in [2.24, 2.45) is 11.8 Å². The molecule has 3 atom stereocenters. The fourth-order valence-corrected chi connectivity index (χ4v) is 3.48. The van der Waals surface area contributed by atoms with Gasteiger partial charge < -0.3 is 9.84 Å². The van der Waals surface area contributed by atoms with Crippen LogP contribution in [0.1, 0.15) is 51.5 Å². The number of ether oxygens (including phenoxy) is 1. The molecule has 4 heteroatoms. The predicted molar refractivity (Wildman–Crippen MR) is 120 cm³/mol. The number of esters is 1. The normalized spacial score (nSPS) is 19.9. The molecular formula is C26H34O4. The van der Waals surface area contributed by atoms with Crippen molar-refractivity contribution in [3.05, 3.63) is 72.4 Å². The number of aryl methyl sites for hydroxylation is 1. The van der Waals surface area contributed by atoms with E-state index in [4.69, 9.17) is 4.74 Å². The number of ketones is 1. The van der Waals surface area contributed by atoms with Gasteiger partial charge in [0.25, 0.3) is 0 Å². The largest absolute Gasteiger partial charge is 0.463 e. The molecule has 0 heterocycles. The maximum absolute atomic E-state index is 12.2. The van der Waals surface area contributed by atoms with Crippen LogP contribution in [0.2, 0.25) is 0 Å². The predicted octanol–water partition coefficient (Wildman–Crippen LogP) is 4.98. The van der Waals surface area contributed by atoms with Gasteiger partial charge in [-0.1, -0.05) is 60.7 Å². The monoisotopic (exact) mass is 410 g/mol. The first-order valence-corrected chi connectivity index (χ1v) is 10.9. The van der Waals surface area contributed by atoms with E-state index in [9.17, 15) is 14.7 Å². The van der Waals surface area contributed by atoms with Crippen LogP contribution in [0.3, 0.4) is 0 Å². The van der Waals surface area contributed by atoms with Gasteiger partial charge in [0.15, 0.2) is 5.78 Å². The quantitative estimate of drug-likeness (QED) is 0.300. The lowest BCUT2D eigenvalue weighted by Crippen LogP contribution is -2.14. The van der Waals surface area contributed by atoms with Crippen LogP contribution in [-0.4, -0.2) is 29.1 Å². The number of carbonyl (C=O) groups is 2. The molecule has 1 aliphatic carbocycles. The topological polar surface area (TPSA) is 63.6 Å². The zero-order valence-electron chi connectivity index (χ0n) is 18.1. The molecule has 0 aromatic heterocycles. The Hall–Kier alpha value is -2.46. The zero-order valence-corrected chi connectivity index (χ0v) is 18.1. The Labute approximate surface area is 180 Å². The molecule has 4 nitrogen and oxygen atoms in total. The number of aliphatic hydroxyl groups is 1. The third kappa shape index (κ3) is 8.91. The zero-order chi connectivity index (χ0) is 21.8. The second-order valence-corrected chi connectivity index (χ2v) is 8.06. The summed E-state index contributed by atoms with van der Waals surface area (Å²) in [6.07, 6.45) is 14.9. The molecule has 162 valence electrons. The van der Waals surface area contributed by atoms with Gasteiger partial charge in [-0.15, -0.1) is 0 Å². The van der Waals surface area contributed by atoms with Crippen molar-refractivity contribution in [1.29, 1.82) is 0 Å². The van der Waals surface area contributed by atoms with E-state index in [2.05, 4.69) is 12.1 Å². The van der Waals surface area contributed by atoms with E-state index >= 15 is 0 Å². The summed E-state index contributed by atoms with van der Waals surface area (Å²) in [4.78, 5) is 23.7. The van der Waals surface area contributed by atoms with Crippen LogP contribution in [0.4, 0.5) is 0 Å². The van der Waals surface area contributed by atoms with E-state index in [0.717, 1.165) is 19.3 Å². The van der Waals surface area contributed by atoms with Crippen molar-refractivity contribution in [3.8, 4) is 0 Å². The molecule has 0 amide bonds. The molecule has 0 spiro atoms. The summed E-state index contributed by atoms with van der Waals surface area (Å²) >= 11 is 0. The number of carbonyl (C=O) groups excluding carboxylic acids is 2. The van der Waals surface area contributed by atoms with Gasteiger partial charge in [-0.25, -0.2) is 0 Å². The van der Waals surface area contributed by atoms with Crippen molar-refractivity contribution < 1.29 is 19.4 Å². The molecule has 30 heavy (non-hydrogen) atoms. The van der Waals surface area contributed by atoms with E-state index in [1.165, 1.54) is 5.56 Å². The lowest BCUT2D eigenvalue weighted by atomic mass is 9.90. The number of allylic oxidation sites excluding steroid dienone is 5. The Balaban J connectivity index is 1.71. The second-order valence-electron chi connectivity index (χ2n) is 8.06. The number of benzene rings is 1. The molecular weight excluding hydrogens is 376 g/mol. The van der Waals surface area contributed by atoms with E-state index < -0.39 is 6.10 Å². The maximum atomic E-state index is 12.2. The van der Waals surface area contributed by atoms with Gasteiger partial charge in [0, 0.05) is 18.3 Å². The van der Waals surface area contributed by atoms with Crippen LogP contribution in [-0.2, 0) is 20.7 Å². The smallest absolute Gasteiger partial charge is 0.306 e. The highest BCUT2D eigenvalue weighted by Crippen LogP contribution is 2.27. The van der Waals surface area contributed by atoms with Gasteiger partial charge >= 0.3 is 5.97 Å². The van der Waals surface area contributed by atoms with Crippen molar-refractivity contribution in [3.63, 3.8) is 0 Å². The number of rotatable bonds is 12. The third-order valence-corrected chi connectivity index (χ3v) is 5.12. The first kappa shape index (κ1) is 23.8. The highest BCUT2D eigenvalue weighted by Gasteiger charge is 2.27. The lowest BCUT2D eigenvalue weighted by molar-refractivity contribution is -0.147. The number of aliphatic hydroxyl groups excluding tert-OH is 1. The summed E-state index contributed by atoms with van der Waals surface area (Å²) in [7, 11) is 0. The standard InChI is InChI=1S/C26H34O4/c1-20(2)30-26(29)13-9-4-3-8-12-24-22(16-19-25(24)28)15-18-23(27)17-14-21-10-6-5-7-11-21/h3,5-8,10-11,15-16,18-20,22-24,27H,4,9,12-14,17H2,1-2H3/b8-3+,18-15?/t22-,23-,24+/m0/s1. The average Bonchev–Trinajstić information content (AvgIpc) is 3.07. The van der Waals surface area contributed by atoms with Crippen molar-refractivity contribution in [2.75, 3.05) is 0 Å². The van der Waals surface area contributed by atoms with Gasteiger partial charge in [0.05, 0.1) is 12.2 Å². The summed E-state index contributed by atoms with van der Waals surface area (Å²) in [5, 5.41) is 10.2. The first-order chi connectivity index (χ1) is 14.5. The molecule has 0 unspecified atom stereocenters. The Morgan fingerprint density at radius 2 is 1.97 bits per heavy atom. The first-order valence-electron chi connectivity index (χ1n) is 10.9. The third-order valence-electron chi connectivity index (χ3n) is 5.12. The molecule has 0 aliphatic heterocycles. The molecule has 2 rings (SSSR count). The minimum atomic E-state index is -0.518. The number of unbranched alkanes of at least 4 members (excludes halogenated alkanes) is 1. The Morgan fingerprint density at radius 3 is 2.70 bits per heavy atom.